The third-order valence-electron chi connectivity index (χ3n) is 7.26. The molecule has 0 spiro atoms. The first-order valence-corrected chi connectivity index (χ1v) is 12.5. The summed E-state index contributed by atoms with van der Waals surface area (Å²) in [6.07, 6.45) is 4.37. The van der Waals surface area contributed by atoms with Crippen LogP contribution in [0.3, 0.4) is 0 Å². The number of oxazole rings is 1. The predicted molar refractivity (Wildman–Crippen MR) is 117 cm³/mol. The summed E-state index contributed by atoms with van der Waals surface area (Å²) in [4.78, 5) is 24.6. The highest BCUT2D eigenvalue weighted by Gasteiger charge is 2.35. The van der Waals surface area contributed by atoms with Crippen molar-refractivity contribution in [1.82, 2.24) is 14.2 Å². The van der Waals surface area contributed by atoms with Crippen LogP contribution in [0, 0.1) is 17.8 Å². The van der Waals surface area contributed by atoms with Gasteiger partial charge in [-0.3, -0.25) is 9.36 Å². The van der Waals surface area contributed by atoms with Crippen molar-refractivity contribution < 1.29 is 17.6 Å². The molecule has 4 rings (SSSR count). The number of amides is 1. The summed E-state index contributed by atoms with van der Waals surface area (Å²) in [7, 11) is -2.14. The lowest BCUT2D eigenvalue weighted by Gasteiger charge is -2.36. The Hall–Kier alpha value is -2.13. The van der Waals surface area contributed by atoms with Gasteiger partial charge in [0.05, 0.1) is 10.4 Å². The lowest BCUT2D eigenvalue weighted by molar-refractivity contribution is -0.127. The molecule has 3 atom stereocenters. The minimum Gasteiger partial charge on any atom is -0.408 e. The van der Waals surface area contributed by atoms with Gasteiger partial charge in [-0.15, -0.1) is 0 Å². The van der Waals surface area contributed by atoms with Crippen LogP contribution >= 0.6 is 0 Å². The molecule has 1 saturated heterocycles. The molecule has 2 fully saturated rings. The lowest BCUT2D eigenvalue weighted by atomic mass is 9.78. The van der Waals surface area contributed by atoms with E-state index in [1.54, 1.807) is 13.1 Å². The third kappa shape index (κ3) is 4.17. The first-order valence-electron chi connectivity index (χ1n) is 11.1. The van der Waals surface area contributed by atoms with E-state index in [-0.39, 0.29) is 28.3 Å². The molecule has 2 heterocycles. The summed E-state index contributed by atoms with van der Waals surface area (Å²) in [5.74, 6) is 0.433. The van der Waals surface area contributed by atoms with Gasteiger partial charge < -0.3 is 9.73 Å². The van der Waals surface area contributed by atoms with Crippen LogP contribution in [-0.2, 0) is 21.9 Å². The minimum absolute atomic E-state index is 0.0514. The van der Waals surface area contributed by atoms with E-state index in [0.717, 1.165) is 12.8 Å². The summed E-state index contributed by atoms with van der Waals surface area (Å²) in [6.45, 7) is 5.04. The molecular weight excluding hydrogens is 418 g/mol. The van der Waals surface area contributed by atoms with Crippen molar-refractivity contribution in [3.8, 4) is 0 Å². The van der Waals surface area contributed by atoms with Crippen molar-refractivity contribution >= 4 is 27.0 Å². The molecule has 1 aliphatic carbocycles. The molecule has 170 valence electrons. The highest BCUT2D eigenvalue weighted by atomic mass is 32.2. The molecule has 0 radical (unpaired) electrons. The summed E-state index contributed by atoms with van der Waals surface area (Å²) in [5, 5.41) is 3.23. The number of aryl methyl sites for hydroxylation is 1. The van der Waals surface area contributed by atoms with Gasteiger partial charge in [-0.25, -0.2) is 13.2 Å². The van der Waals surface area contributed by atoms with Gasteiger partial charge in [-0.1, -0.05) is 26.7 Å². The standard InChI is InChI=1S/C22H31N3O5S/c1-14-5-4-6-18(15(14)2)23-21(26)16-9-11-25(12-10-16)31(28,29)17-7-8-19-20(13-17)30-22(27)24(19)3/h7-8,13-16,18H,4-6,9-12H2,1-3H3,(H,23,26). The summed E-state index contributed by atoms with van der Waals surface area (Å²) >= 11 is 0. The number of nitrogens with zero attached hydrogens (tertiary/aromatic N) is 2. The van der Waals surface area contributed by atoms with Gasteiger partial charge in [-0.2, -0.15) is 4.31 Å². The molecule has 31 heavy (non-hydrogen) atoms. The first-order chi connectivity index (χ1) is 14.7. The number of hydrogen-bond donors (Lipinski definition) is 1. The van der Waals surface area contributed by atoms with Crippen LogP contribution in [0.15, 0.2) is 32.3 Å². The van der Waals surface area contributed by atoms with E-state index < -0.39 is 15.8 Å². The van der Waals surface area contributed by atoms with Gasteiger partial charge in [0.2, 0.25) is 15.9 Å². The van der Waals surface area contributed by atoms with Crippen molar-refractivity contribution in [1.29, 1.82) is 0 Å². The second kappa shape index (κ2) is 8.43. The number of hydrogen-bond acceptors (Lipinski definition) is 5. The molecule has 1 saturated carbocycles. The normalized spacial score (nSPS) is 26.2. The Morgan fingerprint density at radius 3 is 2.55 bits per heavy atom. The molecule has 2 aromatic rings. The number of aromatic nitrogens is 1. The number of nitrogens with one attached hydrogen (secondary N) is 1. The van der Waals surface area contributed by atoms with Crippen molar-refractivity contribution in [2.24, 2.45) is 24.8 Å². The Morgan fingerprint density at radius 1 is 1.13 bits per heavy atom. The summed E-state index contributed by atoms with van der Waals surface area (Å²) in [6, 6.07) is 4.69. The number of piperidine rings is 1. The topological polar surface area (TPSA) is 102 Å². The first kappa shape index (κ1) is 22.1. The average molecular weight is 450 g/mol. The van der Waals surface area contributed by atoms with Crippen LogP contribution in [0.5, 0.6) is 0 Å². The molecule has 1 amide bonds. The Morgan fingerprint density at radius 2 is 1.84 bits per heavy atom. The van der Waals surface area contributed by atoms with E-state index in [1.165, 1.54) is 27.4 Å². The van der Waals surface area contributed by atoms with Crippen molar-refractivity contribution in [2.75, 3.05) is 13.1 Å². The van der Waals surface area contributed by atoms with E-state index in [0.29, 0.717) is 43.3 Å². The zero-order valence-electron chi connectivity index (χ0n) is 18.3. The Balaban J connectivity index is 1.41. The highest BCUT2D eigenvalue weighted by molar-refractivity contribution is 7.89. The minimum atomic E-state index is -3.72. The van der Waals surface area contributed by atoms with E-state index in [9.17, 15) is 18.0 Å². The van der Waals surface area contributed by atoms with Crippen LogP contribution in [0.4, 0.5) is 0 Å². The molecule has 1 aromatic carbocycles. The molecule has 9 heteroatoms. The second-order valence-corrected chi connectivity index (χ2v) is 11.1. The van der Waals surface area contributed by atoms with Crippen molar-refractivity contribution in [3.63, 3.8) is 0 Å². The van der Waals surface area contributed by atoms with E-state index in [2.05, 4.69) is 19.2 Å². The van der Waals surface area contributed by atoms with Crippen LogP contribution in [0.2, 0.25) is 0 Å². The Labute approximate surface area is 182 Å². The van der Waals surface area contributed by atoms with Gasteiger partial charge >= 0.3 is 5.76 Å². The van der Waals surface area contributed by atoms with Crippen LogP contribution in [0.1, 0.15) is 46.0 Å². The molecule has 8 nitrogen and oxygen atoms in total. The number of carbonyl (C=O) groups excluding carboxylic acids is 1. The number of fused-ring (bicyclic) bond motifs is 1. The van der Waals surface area contributed by atoms with Gasteiger partial charge in [0.25, 0.3) is 0 Å². The maximum absolute atomic E-state index is 13.1. The van der Waals surface area contributed by atoms with Crippen LogP contribution < -0.4 is 11.1 Å². The van der Waals surface area contributed by atoms with Crippen LogP contribution in [0.25, 0.3) is 11.1 Å². The Bertz CT molecular complexity index is 1130. The fourth-order valence-corrected chi connectivity index (χ4v) is 6.35. The molecule has 1 aromatic heterocycles. The predicted octanol–water partition coefficient (Wildman–Crippen LogP) is 2.47. The van der Waals surface area contributed by atoms with Gasteiger partial charge in [0, 0.05) is 38.2 Å². The summed E-state index contributed by atoms with van der Waals surface area (Å²) < 4.78 is 34.1. The molecular formula is C22H31N3O5S. The number of benzene rings is 1. The number of carbonyl (C=O) groups is 1. The van der Waals surface area contributed by atoms with Crippen molar-refractivity contribution in [3.05, 3.63) is 28.7 Å². The van der Waals surface area contributed by atoms with Gasteiger partial charge in [0.15, 0.2) is 5.58 Å². The smallest absolute Gasteiger partial charge is 0.408 e. The van der Waals surface area contributed by atoms with E-state index >= 15 is 0 Å². The molecule has 1 aliphatic heterocycles. The third-order valence-corrected chi connectivity index (χ3v) is 9.16. The molecule has 0 bridgehead atoms. The number of sulfonamides is 1. The van der Waals surface area contributed by atoms with E-state index in [4.69, 9.17) is 4.42 Å². The molecule has 3 unspecified atom stereocenters. The SMILES string of the molecule is CC1CCCC(NC(=O)C2CCN(S(=O)(=O)c3ccc4c(c3)oc(=O)n4C)CC2)C1C. The van der Waals surface area contributed by atoms with Crippen LogP contribution in [-0.4, -0.2) is 42.3 Å². The fraction of sp³-hybridized carbons (Fsp3) is 0.636. The van der Waals surface area contributed by atoms with E-state index in [1.807, 2.05) is 0 Å². The lowest BCUT2D eigenvalue weighted by Crippen LogP contribution is -2.48. The monoisotopic (exact) mass is 449 g/mol. The zero-order valence-corrected chi connectivity index (χ0v) is 19.2. The zero-order chi connectivity index (χ0) is 22.3. The maximum Gasteiger partial charge on any atom is 0.419 e. The molecule has 2 aliphatic rings. The quantitative estimate of drug-likeness (QED) is 0.773. The molecule has 1 N–H and O–H groups in total. The van der Waals surface area contributed by atoms with Gasteiger partial charge in [0.1, 0.15) is 0 Å². The summed E-state index contributed by atoms with van der Waals surface area (Å²) in [5.41, 5.74) is 0.796. The second-order valence-electron chi connectivity index (χ2n) is 9.12. The largest absolute Gasteiger partial charge is 0.419 e. The van der Waals surface area contributed by atoms with Crippen molar-refractivity contribution in [2.45, 2.75) is 56.9 Å². The van der Waals surface area contributed by atoms with Gasteiger partial charge in [-0.05, 0) is 43.2 Å². The number of rotatable bonds is 4. The Kier molecular flexibility index (Phi) is 6.00. The fourth-order valence-electron chi connectivity index (χ4n) is 4.87. The maximum atomic E-state index is 13.1. The average Bonchev–Trinajstić information content (AvgIpc) is 3.04. The highest BCUT2D eigenvalue weighted by Crippen LogP contribution is 2.31.